The summed E-state index contributed by atoms with van der Waals surface area (Å²) in [4.78, 5) is 30.2. The molecule has 1 N–H and O–H groups in total. The SMILES string of the molecule is CC(=O)OCc1cnc(NC(=O)OC(C)(C)C)c(C#N)n1. The molecule has 0 aromatic carbocycles. The topological polar surface area (TPSA) is 114 Å². The first kappa shape index (κ1) is 16.4. The normalized spacial score (nSPS) is 10.4. The largest absolute Gasteiger partial charge is 0.459 e. The van der Waals surface area contributed by atoms with Gasteiger partial charge in [-0.2, -0.15) is 5.26 Å². The quantitative estimate of drug-likeness (QED) is 0.844. The van der Waals surface area contributed by atoms with Gasteiger partial charge in [0.2, 0.25) is 0 Å². The molecule has 0 bridgehead atoms. The van der Waals surface area contributed by atoms with Crippen LogP contribution in [0.1, 0.15) is 39.1 Å². The van der Waals surface area contributed by atoms with Crippen molar-refractivity contribution < 1.29 is 19.1 Å². The lowest BCUT2D eigenvalue weighted by Crippen LogP contribution is -2.28. The van der Waals surface area contributed by atoms with Gasteiger partial charge in [-0.1, -0.05) is 0 Å². The number of nitrogens with one attached hydrogen (secondary N) is 1. The molecule has 1 aromatic rings. The summed E-state index contributed by atoms with van der Waals surface area (Å²) in [6.45, 7) is 6.31. The minimum absolute atomic E-state index is 0.0154. The Kier molecular flexibility index (Phi) is 5.18. The van der Waals surface area contributed by atoms with E-state index in [4.69, 9.17) is 14.7 Å². The fourth-order valence-corrected chi connectivity index (χ4v) is 1.24. The molecule has 112 valence electrons. The van der Waals surface area contributed by atoms with Crippen LogP contribution in [0.15, 0.2) is 6.20 Å². The molecule has 0 radical (unpaired) electrons. The van der Waals surface area contributed by atoms with Gasteiger partial charge in [-0.15, -0.1) is 0 Å². The fraction of sp³-hybridized carbons (Fsp3) is 0.462. The number of amides is 1. The molecule has 1 rings (SSSR count). The maximum absolute atomic E-state index is 11.6. The average Bonchev–Trinajstić information content (AvgIpc) is 2.35. The van der Waals surface area contributed by atoms with Gasteiger partial charge in [-0.05, 0) is 20.8 Å². The van der Waals surface area contributed by atoms with Crippen LogP contribution in [0, 0.1) is 11.3 Å². The Morgan fingerprint density at radius 1 is 1.43 bits per heavy atom. The van der Waals surface area contributed by atoms with Crippen LogP contribution in [0.5, 0.6) is 0 Å². The van der Waals surface area contributed by atoms with E-state index in [0.29, 0.717) is 5.69 Å². The van der Waals surface area contributed by atoms with Crippen LogP contribution in [-0.4, -0.2) is 27.6 Å². The molecule has 0 spiro atoms. The molecular formula is C13H16N4O4. The van der Waals surface area contributed by atoms with Crippen molar-refractivity contribution in [3.05, 3.63) is 17.6 Å². The van der Waals surface area contributed by atoms with Gasteiger partial charge in [0.25, 0.3) is 0 Å². The lowest BCUT2D eigenvalue weighted by Gasteiger charge is -2.19. The summed E-state index contributed by atoms with van der Waals surface area (Å²) in [5.74, 6) is -0.482. The second-order valence-corrected chi connectivity index (χ2v) is 5.08. The number of anilines is 1. The van der Waals surface area contributed by atoms with Gasteiger partial charge in [0.1, 0.15) is 18.3 Å². The van der Waals surface area contributed by atoms with Gasteiger partial charge in [-0.3, -0.25) is 10.1 Å². The maximum atomic E-state index is 11.6. The smallest absolute Gasteiger partial charge is 0.413 e. The predicted octanol–water partition coefficient (Wildman–Crippen LogP) is 1.76. The van der Waals surface area contributed by atoms with Crippen molar-refractivity contribution in [2.75, 3.05) is 5.32 Å². The summed E-state index contributed by atoms with van der Waals surface area (Å²) < 4.78 is 9.81. The van der Waals surface area contributed by atoms with Gasteiger partial charge in [0.15, 0.2) is 11.5 Å². The zero-order valence-corrected chi connectivity index (χ0v) is 12.3. The molecule has 1 heterocycles. The number of nitrogens with zero attached hydrogens (tertiary/aromatic N) is 3. The Morgan fingerprint density at radius 2 is 2.10 bits per heavy atom. The second-order valence-electron chi connectivity index (χ2n) is 5.08. The van der Waals surface area contributed by atoms with Crippen molar-refractivity contribution in [2.24, 2.45) is 0 Å². The van der Waals surface area contributed by atoms with E-state index in [-0.39, 0.29) is 18.1 Å². The molecule has 1 aromatic heterocycles. The molecule has 8 heteroatoms. The lowest BCUT2D eigenvalue weighted by molar-refractivity contribution is -0.142. The van der Waals surface area contributed by atoms with Crippen molar-refractivity contribution in [3.8, 4) is 6.07 Å². The molecule has 8 nitrogen and oxygen atoms in total. The molecule has 0 fully saturated rings. The van der Waals surface area contributed by atoms with Gasteiger partial charge < -0.3 is 9.47 Å². The summed E-state index contributed by atoms with van der Waals surface area (Å²) in [6.07, 6.45) is 0.567. The van der Waals surface area contributed by atoms with E-state index in [1.807, 2.05) is 6.07 Å². The summed E-state index contributed by atoms with van der Waals surface area (Å²) in [5.41, 5.74) is -0.457. The highest BCUT2D eigenvalue weighted by Gasteiger charge is 2.18. The third kappa shape index (κ3) is 5.86. The summed E-state index contributed by atoms with van der Waals surface area (Å²) in [6, 6.07) is 1.81. The van der Waals surface area contributed by atoms with Crippen molar-refractivity contribution >= 4 is 17.9 Å². The van der Waals surface area contributed by atoms with Crippen LogP contribution >= 0.6 is 0 Å². The molecule has 0 atom stereocenters. The number of ether oxygens (including phenoxy) is 2. The summed E-state index contributed by atoms with van der Waals surface area (Å²) in [7, 11) is 0. The van der Waals surface area contributed by atoms with Gasteiger partial charge in [0.05, 0.1) is 11.9 Å². The Labute approximate surface area is 122 Å². The third-order valence-corrected chi connectivity index (χ3v) is 1.97. The number of esters is 1. The van der Waals surface area contributed by atoms with E-state index < -0.39 is 17.7 Å². The van der Waals surface area contributed by atoms with E-state index >= 15 is 0 Å². The standard InChI is InChI=1S/C13H16N4O4/c1-8(18)20-7-9-6-15-11(10(5-14)16-9)17-12(19)21-13(2,3)4/h6H,7H2,1-4H3,(H,15,17,19). The van der Waals surface area contributed by atoms with Crippen LogP contribution in [-0.2, 0) is 20.9 Å². The number of carbonyl (C=O) groups excluding carboxylic acids is 2. The van der Waals surface area contributed by atoms with Gasteiger partial charge in [-0.25, -0.2) is 14.8 Å². The lowest BCUT2D eigenvalue weighted by atomic mass is 10.2. The molecule has 0 aliphatic carbocycles. The van der Waals surface area contributed by atoms with Crippen molar-refractivity contribution in [2.45, 2.75) is 39.9 Å². The molecule has 0 saturated carbocycles. The molecule has 0 aliphatic heterocycles. The minimum Gasteiger partial charge on any atom is -0.459 e. The number of aromatic nitrogens is 2. The Balaban J connectivity index is 2.82. The highest BCUT2D eigenvalue weighted by molar-refractivity contribution is 5.84. The van der Waals surface area contributed by atoms with Crippen molar-refractivity contribution in [3.63, 3.8) is 0 Å². The van der Waals surface area contributed by atoms with Gasteiger partial charge in [0, 0.05) is 6.92 Å². The molecular weight excluding hydrogens is 276 g/mol. The maximum Gasteiger partial charge on any atom is 0.413 e. The fourth-order valence-electron chi connectivity index (χ4n) is 1.24. The first-order valence-electron chi connectivity index (χ1n) is 6.10. The number of hydrogen-bond acceptors (Lipinski definition) is 7. The van der Waals surface area contributed by atoms with Crippen LogP contribution in [0.4, 0.5) is 10.6 Å². The van der Waals surface area contributed by atoms with E-state index in [0.717, 1.165) is 0 Å². The van der Waals surface area contributed by atoms with Crippen LogP contribution < -0.4 is 5.32 Å². The average molecular weight is 292 g/mol. The second kappa shape index (κ2) is 6.65. The monoisotopic (exact) mass is 292 g/mol. The Morgan fingerprint density at radius 3 is 2.62 bits per heavy atom. The van der Waals surface area contributed by atoms with Crippen LogP contribution in [0.25, 0.3) is 0 Å². The van der Waals surface area contributed by atoms with Crippen LogP contribution in [0.3, 0.4) is 0 Å². The highest BCUT2D eigenvalue weighted by atomic mass is 16.6. The van der Waals surface area contributed by atoms with E-state index in [2.05, 4.69) is 15.3 Å². The third-order valence-electron chi connectivity index (χ3n) is 1.97. The molecule has 0 saturated heterocycles. The first-order chi connectivity index (χ1) is 9.71. The van der Waals surface area contributed by atoms with Crippen molar-refractivity contribution in [1.82, 2.24) is 9.97 Å². The number of nitriles is 1. The number of hydrogen-bond donors (Lipinski definition) is 1. The number of carbonyl (C=O) groups is 2. The predicted molar refractivity (Wildman–Crippen MR) is 72.1 cm³/mol. The highest BCUT2D eigenvalue weighted by Crippen LogP contribution is 2.13. The Hall–Kier alpha value is -2.69. The molecule has 21 heavy (non-hydrogen) atoms. The van der Waals surface area contributed by atoms with Crippen LogP contribution in [0.2, 0.25) is 0 Å². The minimum atomic E-state index is -0.735. The van der Waals surface area contributed by atoms with Crippen molar-refractivity contribution in [1.29, 1.82) is 5.26 Å². The van der Waals surface area contributed by atoms with E-state index in [1.54, 1.807) is 20.8 Å². The summed E-state index contributed by atoms with van der Waals surface area (Å²) in [5, 5.41) is 11.4. The Bertz CT molecular complexity index is 587. The zero-order chi connectivity index (χ0) is 16.0. The first-order valence-corrected chi connectivity index (χ1v) is 6.10. The van der Waals surface area contributed by atoms with E-state index in [9.17, 15) is 9.59 Å². The molecule has 1 amide bonds. The molecule has 0 unspecified atom stereocenters. The zero-order valence-electron chi connectivity index (χ0n) is 12.3. The van der Waals surface area contributed by atoms with E-state index in [1.165, 1.54) is 13.1 Å². The summed E-state index contributed by atoms with van der Waals surface area (Å²) >= 11 is 0. The number of rotatable bonds is 3. The van der Waals surface area contributed by atoms with Gasteiger partial charge >= 0.3 is 12.1 Å². The molecule has 0 aliphatic rings.